The highest BCUT2D eigenvalue weighted by Crippen LogP contribution is 2.18. The second kappa shape index (κ2) is 16.4. The lowest BCUT2D eigenvalue weighted by Gasteiger charge is -2.21. The molecule has 3 aromatic rings. The number of aliphatic carboxylic acids is 1. The van der Waals surface area contributed by atoms with E-state index in [0.29, 0.717) is 47.8 Å². The van der Waals surface area contributed by atoms with Gasteiger partial charge in [-0.05, 0) is 79.1 Å². The number of rotatable bonds is 17. The molecule has 0 saturated heterocycles. The number of carboxylic acid groups (broad SMARTS) is 1. The van der Waals surface area contributed by atoms with Gasteiger partial charge in [0.1, 0.15) is 18.0 Å². The van der Waals surface area contributed by atoms with Crippen molar-refractivity contribution in [3.05, 3.63) is 89.5 Å². The third kappa shape index (κ3) is 10.4. The summed E-state index contributed by atoms with van der Waals surface area (Å²) in [4.78, 5) is 48.7. The average Bonchev–Trinajstić information content (AvgIpc) is 2.98. The minimum Gasteiger partial charge on any atom is -0.494 e. The molecule has 9 heteroatoms. The van der Waals surface area contributed by atoms with Crippen LogP contribution >= 0.6 is 0 Å². The summed E-state index contributed by atoms with van der Waals surface area (Å²) in [6.45, 7) is 2.55. The zero-order chi connectivity index (χ0) is 29.5. The van der Waals surface area contributed by atoms with Crippen LogP contribution in [0.25, 0.3) is 0 Å². The Kier molecular flexibility index (Phi) is 12.4. The van der Waals surface area contributed by atoms with Gasteiger partial charge in [0.25, 0.3) is 5.91 Å². The lowest BCUT2D eigenvalue weighted by atomic mass is 10.1. The highest BCUT2D eigenvalue weighted by Gasteiger charge is 2.19. The molecule has 0 spiro atoms. The molecule has 0 aliphatic carbocycles. The maximum atomic E-state index is 12.9. The van der Waals surface area contributed by atoms with E-state index in [0.717, 1.165) is 18.4 Å². The number of ether oxygens (including phenoxy) is 2. The number of esters is 1. The van der Waals surface area contributed by atoms with E-state index < -0.39 is 24.4 Å². The second-order valence-electron chi connectivity index (χ2n) is 9.53. The monoisotopic (exact) mass is 560 g/mol. The predicted molar refractivity (Wildman–Crippen MR) is 155 cm³/mol. The summed E-state index contributed by atoms with van der Waals surface area (Å²) in [6, 6.07) is 19.9. The summed E-state index contributed by atoms with van der Waals surface area (Å²) in [5, 5.41) is 11.8. The Morgan fingerprint density at radius 2 is 1.46 bits per heavy atom. The minimum atomic E-state index is -1.12. The van der Waals surface area contributed by atoms with Crippen LogP contribution in [0.15, 0.2) is 72.8 Å². The Balaban J connectivity index is 1.50. The predicted octanol–water partition coefficient (Wildman–Crippen LogP) is 5.59. The number of carboxylic acids is 1. The van der Waals surface area contributed by atoms with Crippen LogP contribution in [0.1, 0.15) is 65.3 Å². The largest absolute Gasteiger partial charge is 0.494 e. The van der Waals surface area contributed by atoms with Crippen LogP contribution in [-0.4, -0.2) is 54.0 Å². The number of unbranched alkanes of at least 4 members (excludes halogenated alkanes) is 4. The Morgan fingerprint density at radius 1 is 0.829 bits per heavy atom. The van der Waals surface area contributed by atoms with Gasteiger partial charge in [0.05, 0.1) is 12.2 Å². The van der Waals surface area contributed by atoms with Gasteiger partial charge in [-0.15, -0.1) is 0 Å². The maximum absolute atomic E-state index is 12.9. The van der Waals surface area contributed by atoms with Crippen molar-refractivity contribution in [2.45, 2.75) is 45.4 Å². The molecule has 3 aromatic carbocycles. The van der Waals surface area contributed by atoms with Gasteiger partial charge in [-0.1, -0.05) is 44.7 Å². The molecule has 0 aliphatic heterocycles. The fourth-order valence-corrected chi connectivity index (χ4v) is 4.11. The van der Waals surface area contributed by atoms with Crippen LogP contribution in [-0.2, 0) is 16.0 Å². The Hall–Kier alpha value is -4.66. The van der Waals surface area contributed by atoms with Crippen molar-refractivity contribution in [3.8, 4) is 11.5 Å². The minimum absolute atomic E-state index is 0.172. The quantitative estimate of drug-likeness (QED) is 0.0955. The molecule has 0 fully saturated rings. The van der Waals surface area contributed by atoms with E-state index >= 15 is 0 Å². The molecule has 9 nitrogen and oxygen atoms in total. The molecule has 0 heterocycles. The first-order valence-corrected chi connectivity index (χ1v) is 13.7. The topological polar surface area (TPSA) is 122 Å². The Morgan fingerprint density at radius 3 is 2.10 bits per heavy atom. The van der Waals surface area contributed by atoms with Crippen molar-refractivity contribution >= 4 is 29.9 Å². The molecular formula is C32H36N2O7. The lowest BCUT2D eigenvalue weighted by molar-refractivity contribution is -0.137. The summed E-state index contributed by atoms with van der Waals surface area (Å²) in [6.07, 6.45) is 6.74. The van der Waals surface area contributed by atoms with E-state index in [1.165, 1.54) is 36.3 Å². The number of carbonyl (C=O) groups is 4. The molecule has 3 rings (SSSR count). The van der Waals surface area contributed by atoms with Gasteiger partial charge in [0.2, 0.25) is 6.41 Å². The Bertz CT molecular complexity index is 1270. The molecule has 2 amide bonds. The molecule has 0 saturated carbocycles. The van der Waals surface area contributed by atoms with Gasteiger partial charge in [-0.2, -0.15) is 0 Å². The highest BCUT2D eigenvalue weighted by molar-refractivity contribution is 5.96. The van der Waals surface area contributed by atoms with E-state index in [2.05, 4.69) is 12.2 Å². The molecule has 0 atom stereocenters. The first-order chi connectivity index (χ1) is 19.9. The molecular weight excluding hydrogens is 524 g/mol. The second-order valence-corrected chi connectivity index (χ2v) is 9.53. The van der Waals surface area contributed by atoms with Gasteiger partial charge in [0.15, 0.2) is 0 Å². The van der Waals surface area contributed by atoms with E-state index in [1.807, 2.05) is 0 Å². The van der Waals surface area contributed by atoms with Crippen molar-refractivity contribution in [1.82, 2.24) is 4.90 Å². The van der Waals surface area contributed by atoms with Crippen molar-refractivity contribution < 1.29 is 33.8 Å². The molecule has 216 valence electrons. The van der Waals surface area contributed by atoms with Crippen LogP contribution in [0.3, 0.4) is 0 Å². The smallest absolute Gasteiger partial charge is 0.343 e. The third-order valence-corrected chi connectivity index (χ3v) is 6.38. The molecule has 0 radical (unpaired) electrons. The molecule has 0 aromatic heterocycles. The summed E-state index contributed by atoms with van der Waals surface area (Å²) >= 11 is 0. The van der Waals surface area contributed by atoms with E-state index in [9.17, 15) is 24.3 Å². The van der Waals surface area contributed by atoms with Gasteiger partial charge in [-0.25, -0.2) is 4.79 Å². The molecule has 2 N–H and O–H groups in total. The zero-order valence-corrected chi connectivity index (χ0v) is 23.2. The number of benzene rings is 3. The highest BCUT2D eigenvalue weighted by atomic mass is 16.5. The number of amides is 2. The standard InChI is InChI=1S/C32H36N2O7/c1-2-3-4-5-6-21-40-28-17-11-26(12-18-28)32(39)41-29-15-7-24(8-16-29)19-20-34(22-30(36)37)31(38)25-9-13-27(14-10-25)33-23-35/h7-18,23H,2-6,19-22H2,1H3,(H,33,35)(H,36,37). The van der Waals surface area contributed by atoms with Crippen LogP contribution in [0.4, 0.5) is 5.69 Å². The fourth-order valence-electron chi connectivity index (χ4n) is 4.11. The van der Waals surface area contributed by atoms with Crippen molar-refractivity contribution in [3.63, 3.8) is 0 Å². The number of anilines is 1. The molecule has 0 unspecified atom stereocenters. The molecule has 0 bridgehead atoms. The van der Waals surface area contributed by atoms with Gasteiger partial charge in [-0.3, -0.25) is 14.4 Å². The van der Waals surface area contributed by atoms with Crippen LogP contribution in [0.2, 0.25) is 0 Å². The van der Waals surface area contributed by atoms with Crippen LogP contribution < -0.4 is 14.8 Å². The Labute approximate surface area is 240 Å². The van der Waals surface area contributed by atoms with E-state index in [4.69, 9.17) is 9.47 Å². The lowest BCUT2D eigenvalue weighted by Crippen LogP contribution is -2.37. The van der Waals surface area contributed by atoms with E-state index in [-0.39, 0.29) is 6.54 Å². The van der Waals surface area contributed by atoms with Gasteiger partial charge >= 0.3 is 11.9 Å². The normalized spacial score (nSPS) is 10.5. The van der Waals surface area contributed by atoms with Crippen LogP contribution in [0, 0.1) is 0 Å². The van der Waals surface area contributed by atoms with Crippen molar-refractivity contribution in [2.75, 3.05) is 25.0 Å². The SMILES string of the molecule is CCCCCCCOc1ccc(C(=O)Oc2ccc(CCN(CC(=O)O)C(=O)c3ccc(NC=O)cc3)cc2)cc1. The number of nitrogens with zero attached hydrogens (tertiary/aromatic N) is 1. The summed E-state index contributed by atoms with van der Waals surface area (Å²) in [5.74, 6) is -0.963. The van der Waals surface area contributed by atoms with Gasteiger partial charge in [0, 0.05) is 17.8 Å². The summed E-state index contributed by atoms with van der Waals surface area (Å²) in [5.41, 5.74) is 2.08. The number of nitrogens with one attached hydrogen (secondary N) is 1. The number of hydrogen-bond acceptors (Lipinski definition) is 6. The first-order valence-electron chi connectivity index (χ1n) is 13.7. The maximum Gasteiger partial charge on any atom is 0.343 e. The average molecular weight is 561 g/mol. The zero-order valence-electron chi connectivity index (χ0n) is 23.2. The first kappa shape index (κ1) is 30.9. The number of carbonyl (C=O) groups excluding carboxylic acids is 3. The summed E-state index contributed by atoms with van der Waals surface area (Å²) in [7, 11) is 0. The van der Waals surface area contributed by atoms with Crippen LogP contribution in [0.5, 0.6) is 11.5 Å². The molecule has 41 heavy (non-hydrogen) atoms. The summed E-state index contributed by atoms with van der Waals surface area (Å²) < 4.78 is 11.2. The van der Waals surface area contributed by atoms with Crippen molar-refractivity contribution in [2.24, 2.45) is 0 Å². The third-order valence-electron chi connectivity index (χ3n) is 6.38. The fraction of sp³-hybridized carbons (Fsp3) is 0.312. The molecule has 0 aliphatic rings. The van der Waals surface area contributed by atoms with E-state index in [1.54, 1.807) is 60.7 Å². The number of hydrogen-bond donors (Lipinski definition) is 2. The van der Waals surface area contributed by atoms with Gasteiger partial charge < -0.3 is 24.8 Å². The van der Waals surface area contributed by atoms with Crippen molar-refractivity contribution in [1.29, 1.82) is 0 Å².